The number of aliphatic hydroxyl groups is 3. The van der Waals surface area contributed by atoms with Gasteiger partial charge in [-0.15, -0.1) is 0 Å². The molecular formula is C32H32N10O7. The summed E-state index contributed by atoms with van der Waals surface area (Å²) in [5, 5.41) is 40.7. The molecule has 5 atom stereocenters. The molecule has 0 spiro atoms. The minimum Gasteiger partial charge on any atom is -0.410 e. The SMILES string of the molecule is O=C(Nc1cn(-c2nc(N[C@H](CO)Cc3ccccc3)c3ncn([C@@H]4C[C@H](N5C(=O)CNC5=O)[C@@H](O)[C@H]4O)c3n2)cn1)Oc1ccccc1. The van der Waals surface area contributed by atoms with E-state index in [2.05, 4.69) is 30.9 Å². The number of nitrogens with one attached hydrogen (secondary N) is 3. The van der Waals surface area contributed by atoms with Crippen LogP contribution in [-0.4, -0.2) is 105 Å². The van der Waals surface area contributed by atoms with Crippen LogP contribution < -0.4 is 20.7 Å². The van der Waals surface area contributed by atoms with Crippen LogP contribution in [0.1, 0.15) is 18.0 Å². The molecule has 1 saturated carbocycles. The Balaban J connectivity index is 1.22. The first-order chi connectivity index (χ1) is 23.8. The Labute approximate surface area is 278 Å². The molecule has 0 bridgehead atoms. The predicted octanol–water partition coefficient (Wildman–Crippen LogP) is 1.23. The summed E-state index contributed by atoms with van der Waals surface area (Å²) in [5.41, 5.74) is 1.54. The maximum Gasteiger partial charge on any atom is 0.418 e. The molecule has 2 fully saturated rings. The fraction of sp³-hybridized carbons (Fsp3) is 0.281. The van der Waals surface area contributed by atoms with Gasteiger partial charge in [-0.3, -0.25) is 19.6 Å². The summed E-state index contributed by atoms with van der Waals surface area (Å²) in [6, 6.07) is 15.2. The summed E-state index contributed by atoms with van der Waals surface area (Å²) in [6.45, 7) is -0.427. The predicted molar refractivity (Wildman–Crippen MR) is 173 cm³/mol. The van der Waals surface area contributed by atoms with Crippen LogP contribution in [0, 0.1) is 0 Å². The summed E-state index contributed by atoms with van der Waals surface area (Å²) >= 11 is 0. The molecule has 2 aromatic carbocycles. The van der Waals surface area contributed by atoms with Crippen molar-refractivity contribution in [1.29, 1.82) is 0 Å². The first-order valence-corrected chi connectivity index (χ1v) is 15.5. The van der Waals surface area contributed by atoms with Crippen LogP contribution in [0.15, 0.2) is 79.5 Å². The number of aromatic nitrogens is 6. The number of rotatable bonds is 10. The fourth-order valence-corrected chi connectivity index (χ4v) is 6.13. The fourth-order valence-electron chi connectivity index (χ4n) is 6.13. The van der Waals surface area contributed by atoms with Gasteiger partial charge in [0, 0.05) is 0 Å². The summed E-state index contributed by atoms with van der Waals surface area (Å²) in [5.74, 6) is 0.361. The second kappa shape index (κ2) is 13.3. The Kier molecular flexibility index (Phi) is 8.60. The van der Waals surface area contributed by atoms with Crippen LogP contribution >= 0.6 is 0 Å². The normalized spacial score (nSPS) is 21.2. The molecular weight excluding hydrogens is 636 g/mol. The van der Waals surface area contributed by atoms with Crippen molar-refractivity contribution in [2.24, 2.45) is 0 Å². The van der Waals surface area contributed by atoms with E-state index in [1.54, 1.807) is 34.9 Å². The lowest BCUT2D eigenvalue weighted by molar-refractivity contribution is -0.128. The number of urea groups is 1. The van der Waals surface area contributed by atoms with Crippen LogP contribution in [0.4, 0.5) is 21.2 Å². The highest BCUT2D eigenvalue weighted by Crippen LogP contribution is 2.37. The van der Waals surface area contributed by atoms with E-state index in [9.17, 15) is 29.7 Å². The van der Waals surface area contributed by atoms with Crippen molar-refractivity contribution in [3.63, 3.8) is 0 Å². The van der Waals surface area contributed by atoms with Crippen molar-refractivity contribution in [3.05, 3.63) is 85.1 Å². The number of benzene rings is 2. The van der Waals surface area contributed by atoms with Crippen LogP contribution in [0.25, 0.3) is 17.1 Å². The van der Waals surface area contributed by atoms with E-state index in [1.807, 2.05) is 30.3 Å². The molecule has 17 heteroatoms. The van der Waals surface area contributed by atoms with Gasteiger partial charge in [0.2, 0.25) is 11.9 Å². The van der Waals surface area contributed by atoms with Gasteiger partial charge < -0.3 is 35.3 Å². The third-order valence-electron chi connectivity index (χ3n) is 8.48. The Hall–Kier alpha value is -5.91. The topological polar surface area (TPSA) is 222 Å². The van der Waals surface area contributed by atoms with E-state index < -0.39 is 48.4 Å². The largest absolute Gasteiger partial charge is 0.418 e. The number of carbonyl (C=O) groups is 3. The van der Waals surface area contributed by atoms with Gasteiger partial charge >= 0.3 is 12.1 Å². The lowest BCUT2D eigenvalue weighted by Gasteiger charge is -2.23. The summed E-state index contributed by atoms with van der Waals surface area (Å²) in [6.07, 6.45) is 1.25. The number of para-hydroxylation sites is 1. The number of carbonyl (C=O) groups excluding carboxylic acids is 3. The van der Waals surface area contributed by atoms with E-state index >= 15 is 0 Å². The van der Waals surface area contributed by atoms with Gasteiger partial charge in [0.05, 0.1) is 43.8 Å². The number of amides is 4. The molecule has 17 nitrogen and oxygen atoms in total. The summed E-state index contributed by atoms with van der Waals surface area (Å²) in [4.78, 5) is 56.4. The number of anilines is 2. The number of nitrogens with zero attached hydrogens (tertiary/aromatic N) is 7. The number of imidazole rings is 2. The highest BCUT2D eigenvalue weighted by atomic mass is 16.6. The molecule has 252 valence electrons. The van der Waals surface area contributed by atoms with Gasteiger partial charge in [-0.1, -0.05) is 48.5 Å². The van der Waals surface area contributed by atoms with Crippen LogP contribution in [0.3, 0.4) is 0 Å². The average molecular weight is 669 g/mol. The number of hydrogen-bond donors (Lipinski definition) is 6. The number of imide groups is 1. The molecule has 1 aliphatic heterocycles. The molecule has 4 heterocycles. The lowest BCUT2D eigenvalue weighted by Crippen LogP contribution is -2.46. The maximum atomic E-state index is 12.5. The second-order valence-corrected chi connectivity index (χ2v) is 11.7. The van der Waals surface area contributed by atoms with E-state index in [4.69, 9.17) is 9.72 Å². The summed E-state index contributed by atoms with van der Waals surface area (Å²) < 4.78 is 8.31. The smallest absolute Gasteiger partial charge is 0.410 e. The Morgan fingerprint density at radius 3 is 2.43 bits per heavy atom. The van der Waals surface area contributed by atoms with Crippen molar-refractivity contribution >= 4 is 40.8 Å². The van der Waals surface area contributed by atoms with Crippen molar-refractivity contribution in [3.8, 4) is 11.7 Å². The van der Waals surface area contributed by atoms with E-state index in [0.717, 1.165) is 10.5 Å². The molecule has 49 heavy (non-hydrogen) atoms. The third-order valence-corrected chi connectivity index (χ3v) is 8.48. The molecule has 0 radical (unpaired) electrons. The Bertz CT molecular complexity index is 1970. The molecule has 5 aromatic rings. The zero-order valence-electron chi connectivity index (χ0n) is 25.8. The van der Waals surface area contributed by atoms with Crippen LogP contribution in [-0.2, 0) is 11.2 Å². The minimum atomic E-state index is -1.42. The molecule has 4 amide bonds. The first kappa shape index (κ1) is 31.7. The van der Waals surface area contributed by atoms with Gasteiger partial charge in [-0.2, -0.15) is 9.97 Å². The van der Waals surface area contributed by atoms with Crippen molar-refractivity contribution in [1.82, 2.24) is 39.3 Å². The second-order valence-electron chi connectivity index (χ2n) is 11.7. The third kappa shape index (κ3) is 6.37. The van der Waals surface area contributed by atoms with E-state index in [1.165, 1.54) is 23.4 Å². The lowest BCUT2D eigenvalue weighted by atomic mass is 10.1. The molecule has 0 unspecified atom stereocenters. The molecule has 1 aliphatic carbocycles. The van der Waals surface area contributed by atoms with E-state index in [-0.39, 0.29) is 42.8 Å². The van der Waals surface area contributed by atoms with Crippen molar-refractivity contribution in [2.45, 2.75) is 43.2 Å². The number of fused-ring (bicyclic) bond motifs is 1. The van der Waals surface area contributed by atoms with Crippen LogP contribution in [0.2, 0.25) is 0 Å². The maximum absolute atomic E-state index is 12.5. The monoisotopic (exact) mass is 668 g/mol. The summed E-state index contributed by atoms with van der Waals surface area (Å²) in [7, 11) is 0. The minimum absolute atomic E-state index is 0.0327. The highest BCUT2D eigenvalue weighted by Gasteiger charge is 2.50. The molecule has 3 aromatic heterocycles. The highest BCUT2D eigenvalue weighted by molar-refractivity contribution is 6.02. The standard InChI is InChI=1S/C32H32N10O7/c43-15-19(11-18-7-3-1-4-8-18)36-28-25-29(41(17-35-25)21-12-22(27(46)26(21)45)42-24(44)13-33-31(42)47)39-30(38-28)40-14-23(34-16-40)37-32(48)49-20-9-5-2-6-10-20/h1-10,14,16-17,19,21-22,26-27,43,45-46H,11-13,15H2,(H,33,47)(H,37,48)(H,36,38,39)/t19-,21+,22-,26-,27+/m0/s1. The Morgan fingerprint density at radius 2 is 1.71 bits per heavy atom. The quantitative estimate of drug-likeness (QED) is 0.116. The molecule has 1 saturated heterocycles. The molecule has 6 N–H and O–H groups in total. The number of ether oxygens (including phenoxy) is 1. The van der Waals surface area contributed by atoms with Gasteiger partial charge in [-0.05, 0) is 30.5 Å². The van der Waals surface area contributed by atoms with Gasteiger partial charge in [0.25, 0.3) is 0 Å². The zero-order chi connectivity index (χ0) is 34.1. The van der Waals surface area contributed by atoms with Gasteiger partial charge in [0.1, 0.15) is 24.3 Å². The Morgan fingerprint density at radius 1 is 0.980 bits per heavy atom. The van der Waals surface area contributed by atoms with Gasteiger partial charge in [0.15, 0.2) is 22.8 Å². The molecule has 2 aliphatic rings. The number of hydrogen-bond acceptors (Lipinski definition) is 12. The molecule has 7 rings (SSSR count). The number of aliphatic hydroxyl groups excluding tert-OH is 3. The van der Waals surface area contributed by atoms with Crippen molar-refractivity contribution in [2.75, 3.05) is 23.8 Å². The first-order valence-electron chi connectivity index (χ1n) is 15.5. The van der Waals surface area contributed by atoms with E-state index in [0.29, 0.717) is 17.7 Å². The van der Waals surface area contributed by atoms with Gasteiger partial charge in [-0.25, -0.2) is 19.6 Å². The zero-order valence-corrected chi connectivity index (χ0v) is 25.8. The average Bonchev–Trinajstić information content (AvgIpc) is 3.89. The van der Waals surface area contributed by atoms with Crippen molar-refractivity contribution < 1.29 is 34.4 Å². The van der Waals surface area contributed by atoms with Crippen LogP contribution in [0.5, 0.6) is 5.75 Å².